The Kier molecular flexibility index (Phi) is 2.38. The van der Waals surface area contributed by atoms with Crippen LogP contribution >= 0.6 is 0 Å². The van der Waals surface area contributed by atoms with Crippen molar-refractivity contribution in [3.05, 3.63) is 29.6 Å². The monoisotopic (exact) mass is 237 g/mol. The number of halogens is 1. The van der Waals surface area contributed by atoms with Gasteiger partial charge >= 0.3 is 0 Å². The van der Waals surface area contributed by atoms with Gasteiger partial charge in [-0.3, -0.25) is 0 Å². The zero-order chi connectivity index (χ0) is 12.0. The van der Waals surface area contributed by atoms with Crippen molar-refractivity contribution in [2.24, 2.45) is 5.73 Å². The van der Waals surface area contributed by atoms with Crippen LogP contribution in [0.5, 0.6) is 5.75 Å². The van der Waals surface area contributed by atoms with E-state index in [9.17, 15) is 4.39 Å². The summed E-state index contributed by atoms with van der Waals surface area (Å²) in [5.74, 6) is 0.314. The van der Waals surface area contributed by atoms with Crippen LogP contribution in [0.3, 0.4) is 0 Å². The molecule has 17 heavy (non-hydrogen) atoms. The highest BCUT2D eigenvalue weighted by atomic mass is 19.1. The van der Waals surface area contributed by atoms with E-state index in [0.29, 0.717) is 5.75 Å². The van der Waals surface area contributed by atoms with Crippen molar-refractivity contribution in [2.75, 3.05) is 7.11 Å². The molecular weight excluding hydrogens is 221 g/mol. The molecule has 0 saturated heterocycles. The Balaban J connectivity index is 1.88. The molecule has 3 nitrogen and oxygen atoms in total. The molecule has 0 aromatic heterocycles. The van der Waals surface area contributed by atoms with Crippen LogP contribution in [-0.4, -0.2) is 18.8 Å². The van der Waals surface area contributed by atoms with Crippen molar-refractivity contribution in [1.29, 1.82) is 0 Å². The maximum atomic E-state index is 13.2. The maximum Gasteiger partial charge on any atom is 0.127 e. The molecule has 1 fully saturated rings. The summed E-state index contributed by atoms with van der Waals surface area (Å²) in [5, 5.41) is 0. The van der Waals surface area contributed by atoms with E-state index < -0.39 is 0 Å². The summed E-state index contributed by atoms with van der Waals surface area (Å²) in [6.07, 6.45) is 2.71. The predicted molar refractivity (Wildman–Crippen MR) is 61.3 cm³/mol. The lowest BCUT2D eigenvalue weighted by molar-refractivity contribution is -0.124. The van der Waals surface area contributed by atoms with Crippen LogP contribution in [0.1, 0.15) is 30.9 Å². The fourth-order valence-corrected chi connectivity index (χ4v) is 2.88. The van der Waals surface area contributed by atoms with Gasteiger partial charge < -0.3 is 15.2 Å². The van der Waals surface area contributed by atoms with Gasteiger partial charge in [0.25, 0.3) is 0 Å². The van der Waals surface area contributed by atoms with E-state index >= 15 is 0 Å². The number of rotatable bonds is 1. The Morgan fingerprint density at radius 3 is 2.88 bits per heavy atom. The first kappa shape index (κ1) is 11.0. The lowest BCUT2D eigenvalue weighted by atomic mass is 9.71. The van der Waals surface area contributed by atoms with Gasteiger partial charge in [0.1, 0.15) is 17.2 Å². The van der Waals surface area contributed by atoms with Crippen molar-refractivity contribution < 1.29 is 13.9 Å². The molecule has 1 atom stereocenters. The molecule has 3 rings (SSSR count). The van der Waals surface area contributed by atoms with Gasteiger partial charge in [0.2, 0.25) is 0 Å². The van der Waals surface area contributed by atoms with Crippen molar-refractivity contribution in [3.63, 3.8) is 0 Å². The van der Waals surface area contributed by atoms with Crippen LogP contribution < -0.4 is 10.5 Å². The zero-order valence-corrected chi connectivity index (χ0v) is 9.78. The maximum absolute atomic E-state index is 13.2. The average molecular weight is 237 g/mol. The van der Waals surface area contributed by atoms with E-state index in [1.807, 2.05) is 0 Å². The highest BCUT2D eigenvalue weighted by Crippen LogP contribution is 2.48. The van der Waals surface area contributed by atoms with Crippen LogP contribution in [-0.2, 0) is 4.74 Å². The molecule has 1 heterocycles. The molecule has 2 N–H and O–H groups in total. The van der Waals surface area contributed by atoms with E-state index in [-0.39, 0.29) is 23.6 Å². The molecule has 0 bridgehead atoms. The fraction of sp³-hybridized carbons (Fsp3) is 0.538. The largest absolute Gasteiger partial charge is 0.487 e. The molecule has 1 aromatic carbocycles. The number of methoxy groups -OCH3 is 1. The molecule has 0 unspecified atom stereocenters. The highest BCUT2D eigenvalue weighted by molar-refractivity contribution is 5.40. The lowest BCUT2D eigenvalue weighted by Crippen LogP contribution is -2.55. The molecule has 0 radical (unpaired) electrons. The van der Waals surface area contributed by atoms with Crippen molar-refractivity contribution in [2.45, 2.75) is 37.0 Å². The van der Waals surface area contributed by atoms with Gasteiger partial charge in [0.15, 0.2) is 0 Å². The van der Waals surface area contributed by atoms with Crippen molar-refractivity contribution >= 4 is 0 Å². The average Bonchev–Trinajstić information content (AvgIpc) is 2.24. The number of nitrogens with two attached hydrogens (primary N) is 1. The first-order valence-corrected chi connectivity index (χ1v) is 5.89. The summed E-state index contributed by atoms with van der Waals surface area (Å²) >= 11 is 0. The van der Waals surface area contributed by atoms with E-state index in [0.717, 1.165) is 24.8 Å². The van der Waals surface area contributed by atoms with Crippen molar-refractivity contribution in [3.8, 4) is 5.75 Å². The van der Waals surface area contributed by atoms with Gasteiger partial charge in [-0.1, -0.05) is 6.07 Å². The topological polar surface area (TPSA) is 44.5 Å². The molecule has 1 aliphatic carbocycles. The lowest BCUT2D eigenvalue weighted by Gasteiger charge is -2.50. The predicted octanol–water partition coefficient (Wildman–Crippen LogP) is 2.16. The normalized spacial score (nSPS) is 35.0. The van der Waals surface area contributed by atoms with Gasteiger partial charge in [0, 0.05) is 44.0 Å². The number of benzene rings is 1. The van der Waals surface area contributed by atoms with Gasteiger partial charge in [-0.2, -0.15) is 0 Å². The summed E-state index contributed by atoms with van der Waals surface area (Å²) in [6.45, 7) is 0. The summed E-state index contributed by atoms with van der Waals surface area (Å²) < 4.78 is 24.4. The minimum absolute atomic E-state index is 0.0721. The second-order valence-corrected chi connectivity index (χ2v) is 5.04. The molecule has 4 heteroatoms. The number of fused-ring (bicyclic) bond motifs is 1. The molecule has 92 valence electrons. The summed E-state index contributed by atoms with van der Waals surface area (Å²) in [4.78, 5) is 0. The van der Waals surface area contributed by atoms with Gasteiger partial charge in [-0.05, 0) is 6.07 Å². The van der Waals surface area contributed by atoms with E-state index in [2.05, 4.69) is 0 Å². The van der Waals surface area contributed by atoms with Crippen LogP contribution in [0.25, 0.3) is 0 Å². The zero-order valence-electron chi connectivity index (χ0n) is 9.78. The van der Waals surface area contributed by atoms with E-state index in [4.69, 9.17) is 15.2 Å². The second-order valence-electron chi connectivity index (χ2n) is 5.04. The third-order valence-corrected chi connectivity index (χ3v) is 3.83. The van der Waals surface area contributed by atoms with Gasteiger partial charge in [0.05, 0.1) is 6.10 Å². The molecule has 1 saturated carbocycles. The minimum Gasteiger partial charge on any atom is -0.487 e. The summed E-state index contributed by atoms with van der Waals surface area (Å²) in [7, 11) is 1.70. The smallest absolute Gasteiger partial charge is 0.127 e. The fourth-order valence-electron chi connectivity index (χ4n) is 2.88. The van der Waals surface area contributed by atoms with Gasteiger partial charge in [-0.15, -0.1) is 0 Å². The Morgan fingerprint density at radius 2 is 2.18 bits per heavy atom. The third kappa shape index (κ3) is 1.72. The van der Waals surface area contributed by atoms with Gasteiger partial charge in [-0.25, -0.2) is 4.39 Å². The highest BCUT2D eigenvalue weighted by Gasteiger charge is 2.50. The summed E-state index contributed by atoms with van der Waals surface area (Å²) in [5.41, 5.74) is 6.79. The Labute approximate surface area is 99.7 Å². The van der Waals surface area contributed by atoms with Crippen molar-refractivity contribution in [1.82, 2.24) is 0 Å². The van der Waals surface area contributed by atoms with E-state index in [1.165, 1.54) is 12.1 Å². The van der Waals surface area contributed by atoms with E-state index in [1.54, 1.807) is 13.2 Å². The number of hydrogen-bond donors (Lipinski definition) is 1. The van der Waals surface area contributed by atoms with Crippen LogP contribution in [0.15, 0.2) is 18.2 Å². The summed E-state index contributed by atoms with van der Waals surface area (Å²) in [6, 6.07) is 4.50. The first-order chi connectivity index (χ1) is 8.12. The number of hydrogen-bond acceptors (Lipinski definition) is 3. The quantitative estimate of drug-likeness (QED) is 0.814. The molecule has 1 aromatic rings. The molecule has 1 spiro atoms. The molecule has 1 aliphatic heterocycles. The molecule has 0 amide bonds. The Bertz CT molecular complexity index is 443. The molecular formula is C13H16FNO2. The minimum atomic E-state index is -0.282. The standard InChI is InChI=1S/C13H16FNO2/c1-16-9-5-13(6-9)7-11(15)10-3-2-8(14)4-12(10)17-13/h2-4,9,11H,5-7,15H2,1H3/t9?,11-,13?/m1/s1. The Hall–Kier alpha value is -1.13. The van der Waals surface area contributed by atoms with Crippen LogP contribution in [0, 0.1) is 5.82 Å². The van der Waals surface area contributed by atoms with Crippen LogP contribution in [0.4, 0.5) is 4.39 Å². The Morgan fingerprint density at radius 1 is 1.41 bits per heavy atom. The number of ether oxygens (including phenoxy) is 2. The molecule has 2 aliphatic rings. The SMILES string of the molecule is COC1CC2(C1)C[C@@H](N)c1ccc(F)cc1O2. The first-order valence-electron chi connectivity index (χ1n) is 5.89. The second kappa shape index (κ2) is 3.68. The third-order valence-electron chi connectivity index (χ3n) is 3.83. The van der Waals surface area contributed by atoms with Crippen LogP contribution in [0.2, 0.25) is 0 Å².